The van der Waals surface area contributed by atoms with Gasteiger partial charge in [-0.05, 0) is 54.8 Å². The van der Waals surface area contributed by atoms with Crippen molar-refractivity contribution in [1.29, 1.82) is 0 Å². The number of benzene rings is 2. The molecule has 32 heavy (non-hydrogen) atoms. The van der Waals surface area contributed by atoms with Gasteiger partial charge < -0.3 is 5.32 Å². The fourth-order valence-corrected chi connectivity index (χ4v) is 6.63. The number of carbonyl (C=O) groups excluding carboxylic acids is 1. The van der Waals surface area contributed by atoms with E-state index in [2.05, 4.69) is 23.2 Å². The molecule has 3 heterocycles. The number of thiophene rings is 1. The molecule has 0 radical (unpaired) electrons. The van der Waals surface area contributed by atoms with Crippen LogP contribution < -0.4 is 5.32 Å². The van der Waals surface area contributed by atoms with Crippen LogP contribution in [0.4, 0.5) is 9.39 Å². The lowest BCUT2D eigenvalue weighted by Crippen LogP contribution is -2.30. The molecule has 5 rings (SSSR count). The molecular weight excluding hydrogens is 441 g/mol. The number of carbonyl (C=O) groups is 1. The van der Waals surface area contributed by atoms with Crippen LogP contribution in [0.5, 0.6) is 0 Å². The molecule has 4 aromatic rings. The summed E-state index contributed by atoms with van der Waals surface area (Å²) in [4.78, 5) is 21.6. The third-order valence-corrected chi connectivity index (χ3v) is 7.90. The van der Waals surface area contributed by atoms with E-state index in [4.69, 9.17) is 4.98 Å². The zero-order valence-electron chi connectivity index (χ0n) is 17.9. The standard InChI is InChI=1S/C25H24FN3OS2/c1-2-12-29-13-11-18-21(15-29)32-25(28-22(30)14-16-7-9-17(26)10-8-16)23(18)24-27-19-5-3-4-6-20(19)31-24/h3-10H,2,11-15H2,1H3,(H,28,30). The van der Waals surface area contributed by atoms with Crippen LogP contribution in [-0.2, 0) is 24.2 Å². The Morgan fingerprint density at radius 1 is 1.16 bits per heavy atom. The van der Waals surface area contributed by atoms with Gasteiger partial charge >= 0.3 is 0 Å². The van der Waals surface area contributed by atoms with E-state index in [0.717, 1.165) is 63.8 Å². The van der Waals surface area contributed by atoms with Crippen LogP contribution in [0.25, 0.3) is 20.8 Å². The van der Waals surface area contributed by atoms with Crippen molar-refractivity contribution in [1.82, 2.24) is 9.88 Å². The molecule has 7 heteroatoms. The molecule has 164 valence electrons. The smallest absolute Gasteiger partial charge is 0.229 e. The first-order valence-corrected chi connectivity index (χ1v) is 12.5. The largest absolute Gasteiger partial charge is 0.317 e. The number of anilines is 1. The molecule has 0 saturated heterocycles. The van der Waals surface area contributed by atoms with Gasteiger partial charge in [0.15, 0.2) is 0 Å². The average Bonchev–Trinajstić information content (AvgIpc) is 3.35. The summed E-state index contributed by atoms with van der Waals surface area (Å²) in [6.07, 6.45) is 2.31. The lowest BCUT2D eigenvalue weighted by molar-refractivity contribution is -0.115. The predicted octanol–water partition coefficient (Wildman–Crippen LogP) is 6.11. The van der Waals surface area contributed by atoms with Crippen LogP contribution in [0, 0.1) is 5.82 Å². The number of amides is 1. The summed E-state index contributed by atoms with van der Waals surface area (Å²) in [5, 5.41) is 4.99. The Morgan fingerprint density at radius 3 is 2.75 bits per heavy atom. The molecular formula is C25H24FN3OS2. The molecule has 0 unspecified atom stereocenters. The molecule has 1 N–H and O–H groups in total. The monoisotopic (exact) mass is 465 g/mol. The molecule has 0 aliphatic carbocycles. The number of halogens is 1. The second kappa shape index (κ2) is 9.10. The van der Waals surface area contributed by atoms with E-state index in [0.29, 0.717) is 0 Å². The van der Waals surface area contributed by atoms with Crippen LogP contribution in [-0.4, -0.2) is 28.9 Å². The first-order valence-electron chi connectivity index (χ1n) is 10.9. The van der Waals surface area contributed by atoms with Gasteiger partial charge in [-0.2, -0.15) is 0 Å². The van der Waals surface area contributed by atoms with Crippen molar-refractivity contribution in [3.8, 4) is 10.6 Å². The molecule has 2 aromatic heterocycles. The number of fused-ring (bicyclic) bond motifs is 2. The van der Waals surface area contributed by atoms with Crippen LogP contribution in [0.2, 0.25) is 0 Å². The van der Waals surface area contributed by atoms with Gasteiger partial charge in [-0.15, -0.1) is 22.7 Å². The minimum Gasteiger partial charge on any atom is -0.317 e. The van der Waals surface area contributed by atoms with Crippen LogP contribution in [0.1, 0.15) is 29.3 Å². The second-order valence-electron chi connectivity index (χ2n) is 8.07. The number of thiazole rings is 1. The van der Waals surface area contributed by atoms with Crippen molar-refractivity contribution >= 4 is 43.8 Å². The summed E-state index contributed by atoms with van der Waals surface area (Å²) < 4.78 is 14.4. The van der Waals surface area contributed by atoms with E-state index in [1.54, 1.807) is 34.8 Å². The number of rotatable bonds is 6. The lowest BCUT2D eigenvalue weighted by atomic mass is 10.0. The quantitative estimate of drug-likeness (QED) is 0.373. The van der Waals surface area contributed by atoms with Crippen molar-refractivity contribution < 1.29 is 9.18 Å². The molecule has 1 aliphatic heterocycles. The Labute approximate surface area is 194 Å². The lowest BCUT2D eigenvalue weighted by Gasteiger charge is -2.26. The maximum Gasteiger partial charge on any atom is 0.229 e. The SMILES string of the molecule is CCCN1CCc2c(sc(NC(=O)Cc3ccc(F)cc3)c2-c2nc3ccccc3s2)C1. The number of hydrogen-bond donors (Lipinski definition) is 1. The van der Waals surface area contributed by atoms with E-state index in [1.165, 1.54) is 22.6 Å². The summed E-state index contributed by atoms with van der Waals surface area (Å²) in [5.41, 5.74) is 4.17. The highest BCUT2D eigenvalue weighted by atomic mass is 32.1. The zero-order chi connectivity index (χ0) is 22.1. The molecule has 2 aromatic carbocycles. The van der Waals surface area contributed by atoms with Gasteiger partial charge in [0.2, 0.25) is 5.91 Å². The van der Waals surface area contributed by atoms with Gasteiger partial charge in [0.05, 0.1) is 16.6 Å². The van der Waals surface area contributed by atoms with E-state index < -0.39 is 0 Å². The summed E-state index contributed by atoms with van der Waals surface area (Å²) in [5.74, 6) is -0.391. The maximum absolute atomic E-state index is 13.2. The van der Waals surface area contributed by atoms with Gasteiger partial charge in [-0.3, -0.25) is 9.69 Å². The van der Waals surface area contributed by atoms with Gasteiger partial charge in [-0.25, -0.2) is 9.37 Å². The van der Waals surface area contributed by atoms with Crippen molar-refractivity contribution in [2.75, 3.05) is 18.4 Å². The number of hydrogen-bond acceptors (Lipinski definition) is 5. The molecule has 0 fully saturated rings. The summed E-state index contributed by atoms with van der Waals surface area (Å²) >= 11 is 3.35. The van der Waals surface area contributed by atoms with Crippen LogP contribution >= 0.6 is 22.7 Å². The predicted molar refractivity (Wildman–Crippen MR) is 131 cm³/mol. The Balaban J connectivity index is 1.49. The number of para-hydroxylation sites is 1. The van der Waals surface area contributed by atoms with Gasteiger partial charge in [0.25, 0.3) is 0 Å². The molecule has 1 amide bonds. The third kappa shape index (κ3) is 4.33. The Hall–Kier alpha value is -2.61. The summed E-state index contributed by atoms with van der Waals surface area (Å²) in [6, 6.07) is 14.2. The Morgan fingerprint density at radius 2 is 1.97 bits per heavy atom. The highest BCUT2D eigenvalue weighted by molar-refractivity contribution is 7.22. The number of nitrogens with zero attached hydrogens (tertiary/aromatic N) is 2. The van der Waals surface area contributed by atoms with E-state index in [-0.39, 0.29) is 18.1 Å². The molecule has 0 spiro atoms. The normalized spacial score (nSPS) is 13.9. The van der Waals surface area contributed by atoms with E-state index in [1.807, 2.05) is 18.2 Å². The van der Waals surface area contributed by atoms with Crippen LogP contribution in [0.15, 0.2) is 48.5 Å². The van der Waals surface area contributed by atoms with Crippen molar-refractivity contribution in [2.24, 2.45) is 0 Å². The van der Waals surface area contributed by atoms with E-state index >= 15 is 0 Å². The average molecular weight is 466 g/mol. The number of aromatic nitrogens is 1. The summed E-state index contributed by atoms with van der Waals surface area (Å²) in [7, 11) is 0. The van der Waals surface area contributed by atoms with E-state index in [9.17, 15) is 9.18 Å². The van der Waals surface area contributed by atoms with Crippen molar-refractivity contribution in [3.05, 3.63) is 70.4 Å². The number of nitrogens with one attached hydrogen (secondary N) is 1. The third-order valence-electron chi connectivity index (χ3n) is 5.71. The van der Waals surface area contributed by atoms with Crippen molar-refractivity contribution in [2.45, 2.75) is 32.7 Å². The maximum atomic E-state index is 13.2. The molecule has 4 nitrogen and oxygen atoms in total. The summed E-state index contributed by atoms with van der Waals surface area (Å²) in [6.45, 7) is 5.23. The first-order chi connectivity index (χ1) is 15.6. The highest BCUT2D eigenvalue weighted by Crippen LogP contribution is 2.45. The fraction of sp³-hybridized carbons (Fsp3) is 0.280. The zero-order valence-corrected chi connectivity index (χ0v) is 19.5. The van der Waals surface area contributed by atoms with Crippen molar-refractivity contribution in [3.63, 3.8) is 0 Å². The fourth-order valence-electron chi connectivity index (χ4n) is 4.22. The van der Waals surface area contributed by atoms with Gasteiger partial charge in [-0.1, -0.05) is 31.2 Å². The molecule has 1 aliphatic rings. The Kier molecular flexibility index (Phi) is 6.04. The first kappa shape index (κ1) is 21.2. The van der Waals surface area contributed by atoms with Gasteiger partial charge in [0.1, 0.15) is 15.8 Å². The Bertz CT molecular complexity index is 1230. The molecule has 0 atom stereocenters. The minimum atomic E-state index is -0.296. The van der Waals surface area contributed by atoms with Crippen LogP contribution in [0.3, 0.4) is 0 Å². The second-order valence-corrected chi connectivity index (χ2v) is 10.2. The minimum absolute atomic E-state index is 0.0945. The highest BCUT2D eigenvalue weighted by Gasteiger charge is 2.27. The van der Waals surface area contributed by atoms with Gasteiger partial charge in [0, 0.05) is 23.5 Å². The molecule has 0 saturated carbocycles. The molecule has 0 bridgehead atoms. The topological polar surface area (TPSA) is 45.2 Å².